The normalized spacial score (nSPS) is 10.7. The van der Waals surface area contributed by atoms with Crippen molar-refractivity contribution in [2.24, 2.45) is 0 Å². The van der Waals surface area contributed by atoms with Crippen LogP contribution in [-0.2, 0) is 17.9 Å². The number of hydrogen-bond donors (Lipinski definition) is 0. The van der Waals surface area contributed by atoms with E-state index in [0.717, 1.165) is 4.57 Å². The lowest BCUT2D eigenvalue weighted by atomic mass is 10.4. The van der Waals surface area contributed by atoms with Gasteiger partial charge in [-0.1, -0.05) is 5.16 Å². The summed E-state index contributed by atoms with van der Waals surface area (Å²) in [6.45, 7) is 0.0656. The number of aromatic nitrogens is 4. The first-order chi connectivity index (χ1) is 11.1. The van der Waals surface area contributed by atoms with Gasteiger partial charge in [-0.3, -0.25) is 9.32 Å². The lowest BCUT2D eigenvalue weighted by molar-refractivity contribution is -0.131. The Morgan fingerprint density at radius 1 is 1.30 bits per heavy atom. The van der Waals surface area contributed by atoms with E-state index >= 15 is 0 Å². The van der Waals surface area contributed by atoms with Crippen molar-refractivity contribution in [3.63, 3.8) is 0 Å². The minimum absolute atomic E-state index is 0.107. The van der Waals surface area contributed by atoms with E-state index < -0.39 is 5.76 Å². The molecule has 0 saturated carbocycles. The third-order valence-corrected chi connectivity index (χ3v) is 3.14. The maximum atomic E-state index is 12.3. The molecule has 9 heteroatoms. The molecule has 9 nitrogen and oxygen atoms in total. The highest BCUT2D eigenvalue weighted by Gasteiger charge is 2.20. The van der Waals surface area contributed by atoms with Crippen molar-refractivity contribution < 1.29 is 13.7 Å². The Hall–Kier alpha value is -3.23. The van der Waals surface area contributed by atoms with E-state index in [1.165, 1.54) is 23.6 Å². The van der Waals surface area contributed by atoms with Crippen molar-refractivity contribution >= 4 is 5.91 Å². The van der Waals surface area contributed by atoms with Crippen molar-refractivity contribution in [1.82, 2.24) is 24.6 Å². The van der Waals surface area contributed by atoms with Gasteiger partial charge in [-0.25, -0.2) is 19.3 Å². The van der Waals surface area contributed by atoms with E-state index in [9.17, 15) is 9.59 Å². The van der Waals surface area contributed by atoms with Crippen LogP contribution in [0.15, 0.2) is 50.6 Å². The zero-order valence-electron chi connectivity index (χ0n) is 12.2. The molecule has 0 bridgehead atoms. The van der Waals surface area contributed by atoms with E-state index in [-0.39, 0.29) is 24.1 Å². The van der Waals surface area contributed by atoms with Gasteiger partial charge >= 0.3 is 5.76 Å². The third kappa shape index (κ3) is 3.18. The Morgan fingerprint density at radius 3 is 2.78 bits per heavy atom. The Kier molecular flexibility index (Phi) is 4.00. The average molecular weight is 315 g/mol. The molecule has 118 valence electrons. The van der Waals surface area contributed by atoms with Gasteiger partial charge in [-0.05, 0) is 18.2 Å². The molecule has 0 saturated heterocycles. The maximum Gasteiger partial charge on any atom is 0.442 e. The fourth-order valence-corrected chi connectivity index (χ4v) is 1.96. The van der Waals surface area contributed by atoms with Crippen molar-refractivity contribution in [2.45, 2.75) is 13.1 Å². The molecular weight excluding hydrogens is 302 g/mol. The van der Waals surface area contributed by atoms with Gasteiger partial charge in [-0.15, -0.1) is 0 Å². The van der Waals surface area contributed by atoms with E-state index in [1.54, 1.807) is 25.2 Å². The Balaban J connectivity index is 1.79. The standard InChI is InChI=1S/C14H13N5O4/c1-18(8-10-4-2-7-22-10)11(20)9-19-13(17-23-14(19)21)12-15-5-3-6-16-12/h2-7H,8-9H2,1H3. The van der Waals surface area contributed by atoms with Crippen LogP contribution in [0.5, 0.6) is 0 Å². The molecule has 1 amide bonds. The van der Waals surface area contributed by atoms with Gasteiger partial charge in [0.25, 0.3) is 0 Å². The van der Waals surface area contributed by atoms with Crippen LogP contribution in [0.25, 0.3) is 11.6 Å². The van der Waals surface area contributed by atoms with Crippen molar-refractivity contribution in [3.05, 3.63) is 53.2 Å². The Morgan fingerprint density at radius 2 is 2.09 bits per heavy atom. The van der Waals surface area contributed by atoms with Gasteiger partial charge in [0, 0.05) is 19.4 Å². The predicted molar refractivity (Wildman–Crippen MR) is 77.0 cm³/mol. The molecule has 0 fully saturated rings. The van der Waals surface area contributed by atoms with Crippen molar-refractivity contribution in [3.8, 4) is 11.6 Å². The highest BCUT2D eigenvalue weighted by molar-refractivity contribution is 5.76. The quantitative estimate of drug-likeness (QED) is 0.676. The molecule has 0 aliphatic heterocycles. The number of furan rings is 1. The molecule has 3 aromatic rings. The summed E-state index contributed by atoms with van der Waals surface area (Å²) in [6.07, 6.45) is 4.55. The maximum absolute atomic E-state index is 12.3. The van der Waals surface area contributed by atoms with Gasteiger partial charge in [0.15, 0.2) is 5.82 Å². The molecule has 0 unspecified atom stereocenters. The van der Waals surface area contributed by atoms with E-state index in [4.69, 9.17) is 4.42 Å². The van der Waals surface area contributed by atoms with Gasteiger partial charge in [0.05, 0.1) is 12.8 Å². The van der Waals surface area contributed by atoms with Gasteiger partial charge in [0.1, 0.15) is 12.3 Å². The summed E-state index contributed by atoms with van der Waals surface area (Å²) in [6, 6.07) is 5.13. The molecule has 0 aliphatic carbocycles. The number of carbonyl (C=O) groups excluding carboxylic acids is 1. The molecular formula is C14H13N5O4. The molecule has 0 aliphatic rings. The number of amides is 1. The Bertz CT molecular complexity index is 838. The van der Waals surface area contributed by atoms with Gasteiger partial charge < -0.3 is 9.32 Å². The van der Waals surface area contributed by atoms with Crippen molar-refractivity contribution in [1.29, 1.82) is 0 Å². The number of rotatable bonds is 5. The van der Waals surface area contributed by atoms with Crippen LogP contribution in [-0.4, -0.2) is 37.5 Å². The zero-order valence-corrected chi connectivity index (χ0v) is 12.2. The summed E-state index contributed by atoms with van der Waals surface area (Å²) in [7, 11) is 1.61. The van der Waals surface area contributed by atoms with Gasteiger partial charge in [-0.2, -0.15) is 0 Å². The molecule has 3 aromatic heterocycles. The second kappa shape index (κ2) is 6.26. The van der Waals surface area contributed by atoms with Crippen molar-refractivity contribution in [2.75, 3.05) is 7.05 Å². The van der Waals surface area contributed by atoms with E-state index in [0.29, 0.717) is 12.3 Å². The highest BCUT2D eigenvalue weighted by Crippen LogP contribution is 2.10. The minimum atomic E-state index is -0.743. The van der Waals surface area contributed by atoms with Crippen LogP contribution in [0.1, 0.15) is 5.76 Å². The lowest BCUT2D eigenvalue weighted by Gasteiger charge is -2.15. The molecule has 3 rings (SSSR count). The first-order valence-electron chi connectivity index (χ1n) is 6.75. The first-order valence-corrected chi connectivity index (χ1v) is 6.75. The van der Waals surface area contributed by atoms with Crippen LogP contribution < -0.4 is 5.76 Å². The molecule has 0 spiro atoms. The minimum Gasteiger partial charge on any atom is -0.467 e. The molecule has 23 heavy (non-hydrogen) atoms. The summed E-state index contributed by atoms with van der Waals surface area (Å²) in [5.74, 6) is -0.0867. The van der Waals surface area contributed by atoms with Crippen LogP contribution in [0.4, 0.5) is 0 Å². The van der Waals surface area contributed by atoms with E-state index in [1.807, 2.05) is 0 Å². The van der Waals surface area contributed by atoms with E-state index in [2.05, 4.69) is 19.6 Å². The molecule has 0 aromatic carbocycles. The van der Waals surface area contributed by atoms with Crippen LogP contribution in [0.2, 0.25) is 0 Å². The SMILES string of the molecule is CN(Cc1ccco1)C(=O)Cn1c(-c2ncccn2)noc1=O. The fourth-order valence-electron chi connectivity index (χ4n) is 1.96. The number of hydrogen-bond acceptors (Lipinski definition) is 7. The smallest absolute Gasteiger partial charge is 0.442 e. The zero-order chi connectivity index (χ0) is 16.2. The van der Waals surface area contributed by atoms with Crippen LogP contribution >= 0.6 is 0 Å². The largest absolute Gasteiger partial charge is 0.467 e. The molecule has 0 atom stereocenters. The molecule has 0 N–H and O–H groups in total. The first kappa shape index (κ1) is 14.7. The highest BCUT2D eigenvalue weighted by atomic mass is 16.5. The van der Waals surface area contributed by atoms with Gasteiger partial charge in [0.2, 0.25) is 11.7 Å². The third-order valence-electron chi connectivity index (χ3n) is 3.14. The summed E-state index contributed by atoms with van der Waals surface area (Å²) >= 11 is 0. The monoisotopic (exact) mass is 315 g/mol. The fraction of sp³-hybridized carbons (Fsp3) is 0.214. The second-order valence-electron chi connectivity index (χ2n) is 4.76. The topological polar surface area (TPSA) is 107 Å². The molecule has 0 radical (unpaired) electrons. The number of likely N-dealkylation sites (N-methyl/N-ethyl adjacent to an activating group) is 1. The number of carbonyl (C=O) groups is 1. The predicted octanol–water partition coefficient (Wildman–Crippen LogP) is 0.545. The number of nitrogens with zero attached hydrogens (tertiary/aromatic N) is 5. The second-order valence-corrected chi connectivity index (χ2v) is 4.76. The molecule has 3 heterocycles. The summed E-state index contributed by atoms with van der Waals surface area (Å²) in [5, 5.41) is 3.64. The van der Waals surface area contributed by atoms with Crippen LogP contribution in [0, 0.1) is 0 Å². The van der Waals surface area contributed by atoms with Crippen LogP contribution in [0.3, 0.4) is 0 Å². The lowest BCUT2D eigenvalue weighted by Crippen LogP contribution is -2.32. The summed E-state index contributed by atoms with van der Waals surface area (Å²) in [5.41, 5.74) is 0. The average Bonchev–Trinajstić information content (AvgIpc) is 3.19. The summed E-state index contributed by atoms with van der Waals surface area (Å²) in [4.78, 5) is 33.5. The Labute approximate surface area is 130 Å². The summed E-state index contributed by atoms with van der Waals surface area (Å²) < 4.78 is 10.9.